The lowest BCUT2D eigenvalue weighted by Gasteiger charge is -2.11. The number of thiazole rings is 1. The smallest absolute Gasteiger partial charge is 0.308 e. The van der Waals surface area contributed by atoms with Gasteiger partial charge in [-0.1, -0.05) is 23.5 Å². The van der Waals surface area contributed by atoms with Crippen molar-refractivity contribution in [2.75, 3.05) is 16.3 Å². The molecule has 2 N–H and O–H groups in total. The molecule has 0 bridgehead atoms. The lowest BCUT2D eigenvalue weighted by molar-refractivity contribution is 0.102. The number of rotatable bonds is 5. The van der Waals surface area contributed by atoms with E-state index in [-0.39, 0.29) is 16.1 Å². The number of carbonyl (C=O) groups excluding carboxylic acids is 1. The molecule has 3 rings (SSSR count). The highest BCUT2D eigenvalue weighted by Gasteiger charge is 2.15. The third kappa shape index (κ3) is 3.78. The van der Waals surface area contributed by atoms with Gasteiger partial charge in [0.05, 0.1) is 27.7 Å². The zero-order chi connectivity index (χ0) is 18.9. The summed E-state index contributed by atoms with van der Waals surface area (Å²) in [6, 6.07) is 11.6. The number of amides is 1. The van der Waals surface area contributed by atoms with Crippen molar-refractivity contribution in [1.29, 1.82) is 0 Å². The molecule has 0 radical (unpaired) electrons. The number of nitrogens with zero attached hydrogens (tertiary/aromatic N) is 1. The number of para-hydroxylation sites is 1. The van der Waals surface area contributed by atoms with Crippen LogP contribution in [0.25, 0.3) is 10.2 Å². The fourth-order valence-electron chi connectivity index (χ4n) is 2.61. The van der Waals surface area contributed by atoms with Crippen molar-refractivity contribution in [3.63, 3.8) is 0 Å². The van der Waals surface area contributed by atoms with E-state index in [1.807, 2.05) is 6.92 Å². The second-order valence-electron chi connectivity index (χ2n) is 5.67. The molecule has 2 aromatic carbocycles. The molecule has 26 heavy (non-hydrogen) atoms. The maximum atomic E-state index is 12.6. The predicted octanol–water partition coefficient (Wildman–Crippen LogP) is 2.71. The van der Waals surface area contributed by atoms with Gasteiger partial charge in [-0.15, -0.1) is 0 Å². The number of hydrogen-bond donors (Lipinski definition) is 2. The van der Waals surface area contributed by atoms with E-state index in [0.717, 1.165) is 27.8 Å². The molecule has 0 aliphatic heterocycles. The van der Waals surface area contributed by atoms with Crippen molar-refractivity contribution in [3.8, 4) is 0 Å². The molecule has 0 spiro atoms. The topological polar surface area (TPSA) is 97.3 Å². The van der Waals surface area contributed by atoms with Crippen LogP contribution in [0.5, 0.6) is 0 Å². The van der Waals surface area contributed by atoms with Crippen LogP contribution in [0.1, 0.15) is 17.3 Å². The first-order chi connectivity index (χ1) is 12.3. The lowest BCUT2D eigenvalue weighted by atomic mass is 10.1. The molecule has 7 nitrogen and oxygen atoms in total. The third-order valence-corrected chi connectivity index (χ3v) is 5.24. The van der Waals surface area contributed by atoms with Crippen molar-refractivity contribution in [1.82, 2.24) is 4.57 Å². The SMILES string of the molecule is CCn1c(=O)sc2cc(NC(=O)c3ccccc3NS(C)(=O)=O)ccc21. The van der Waals surface area contributed by atoms with Crippen molar-refractivity contribution >= 4 is 48.9 Å². The molecule has 0 fully saturated rings. The second kappa shape index (κ2) is 6.93. The Morgan fingerprint density at radius 1 is 1.19 bits per heavy atom. The van der Waals surface area contributed by atoms with Gasteiger partial charge >= 0.3 is 4.87 Å². The molecule has 0 aliphatic carbocycles. The summed E-state index contributed by atoms with van der Waals surface area (Å²) in [5.74, 6) is -0.446. The molecule has 0 aliphatic rings. The number of sulfonamides is 1. The van der Waals surface area contributed by atoms with E-state index in [4.69, 9.17) is 0 Å². The lowest BCUT2D eigenvalue weighted by Crippen LogP contribution is -2.17. The Bertz CT molecular complexity index is 1150. The summed E-state index contributed by atoms with van der Waals surface area (Å²) in [7, 11) is -3.51. The number of carbonyl (C=O) groups is 1. The molecular weight excluding hydrogens is 374 g/mol. The molecule has 9 heteroatoms. The van der Waals surface area contributed by atoms with E-state index in [0.29, 0.717) is 12.2 Å². The minimum atomic E-state index is -3.51. The summed E-state index contributed by atoms with van der Waals surface area (Å²) < 4.78 is 27.7. The Kier molecular flexibility index (Phi) is 4.84. The predicted molar refractivity (Wildman–Crippen MR) is 105 cm³/mol. The third-order valence-electron chi connectivity index (χ3n) is 3.71. The zero-order valence-corrected chi connectivity index (χ0v) is 15.8. The molecule has 3 aromatic rings. The normalized spacial score (nSPS) is 11.5. The van der Waals surface area contributed by atoms with E-state index in [1.165, 1.54) is 12.1 Å². The van der Waals surface area contributed by atoms with Crippen LogP contribution in [0.15, 0.2) is 47.3 Å². The van der Waals surface area contributed by atoms with E-state index in [1.54, 1.807) is 34.9 Å². The minimum Gasteiger partial charge on any atom is -0.322 e. The Morgan fingerprint density at radius 2 is 1.92 bits per heavy atom. The van der Waals surface area contributed by atoms with Crippen LogP contribution in [-0.2, 0) is 16.6 Å². The number of nitrogens with one attached hydrogen (secondary N) is 2. The molecule has 0 saturated carbocycles. The number of hydrogen-bond acceptors (Lipinski definition) is 5. The van der Waals surface area contributed by atoms with Gasteiger partial charge in [-0.25, -0.2) is 8.42 Å². The Hall–Kier alpha value is -2.65. The monoisotopic (exact) mass is 391 g/mol. The van der Waals surface area contributed by atoms with Crippen LogP contribution in [-0.4, -0.2) is 25.1 Å². The van der Waals surface area contributed by atoms with Gasteiger partial charge in [0.1, 0.15) is 0 Å². The van der Waals surface area contributed by atoms with Gasteiger partial charge in [0.2, 0.25) is 10.0 Å². The van der Waals surface area contributed by atoms with E-state index in [9.17, 15) is 18.0 Å². The van der Waals surface area contributed by atoms with Crippen LogP contribution in [0, 0.1) is 0 Å². The largest absolute Gasteiger partial charge is 0.322 e. The quantitative estimate of drug-likeness (QED) is 0.699. The summed E-state index contributed by atoms with van der Waals surface area (Å²) in [4.78, 5) is 24.5. The average Bonchev–Trinajstić information content (AvgIpc) is 2.88. The Balaban J connectivity index is 1.91. The standard InChI is InChI=1S/C17H17N3O4S2/c1-3-20-14-9-8-11(10-15(14)25-17(20)22)18-16(21)12-6-4-5-7-13(12)19-26(2,23)24/h4-10,19H,3H2,1-2H3,(H,18,21). The van der Waals surface area contributed by atoms with Gasteiger partial charge in [-0.05, 0) is 37.3 Å². The molecule has 1 amide bonds. The fraction of sp³-hybridized carbons (Fsp3) is 0.176. The highest BCUT2D eigenvalue weighted by molar-refractivity contribution is 7.92. The van der Waals surface area contributed by atoms with E-state index < -0.39 is 15.9 Å². The fourth-order valence-corrected chi connectivity index (χ4v) is 4.18. The molecule has 0 unspecified atom stereocenters. The maximum Gasteiger partial charge on any atom is 0.308 e. The van der Waals surface area contributed by atoms with Crippen LogP contribution in [0.2, 0.25) is 0 Å². The van der Waals surface area contributed by atoms with Crippen molar-refractivity contribution in [2.45, 2.75) is 13.5 Å². The van der Waals surface area contributed by atoms with E-state index >= 15 is 0 Å². The highest BCUT2D eigenvalue weighted by Crippen LogP contribution is 2.23. The van der Waals surface area contributed by atoms with Gasteiger partial charge in [-0.2, -0.15) is 0 Å². The molecule has 136 valence electrons. The number of aryl methyl sites for hydroxylation is 1. The van der Waals surface area contributed by atoms with Crippen molar-refractivity contribution in [3.05, 3.63) is 57.7 Å². The van der Waals surface area contributed by atoms with Crippen molar-refractivity contribution in [2.24, 2.45) is 0 Å². The number of fused-ring (bicyclic) bond motifs is 1. The summed E-state index contributed by atoms with van der Waals surface area (Å²) in [5.41, 5.74) is 1.76. The van der Waals surface area contributed by atoms with Crippen LogP contribution < -0.4 is 14.9 Å². The maximum absolute atomic E-state index is 12.6. The molecule has 1 heterocycles. The second-order valence-corrected chi connectivity index (χ2v) is 8.41. The molecule has 1 aromatic heterocycles. The first kappa shape index (κ1) is 18.2. The number of aromatic nitrogens is 1. The Labute approximate surface area is 154 Å². The summed E-state index contributed by atoms with van der Waals surface area (Å²) in [6.45, 7) is 2.48. The highest BCUT2D eigenvalue weighted by atomic mass is 32.2. The van der Waals surface area contributed by atoms with Gasteiger partial charge in [0.25, 0.3) is 5.91 Å². The van der Waals surface area contributed by atoms with Gasteiger partial charge < -0.3 is 5.32 Å². The number of anilines is 2. The van der Waals surface area contributed by atoms with E-state index in [2.05, 4.69) is 10.0 Å². The first-order valence-electron chi connectivity index (χ1n) is 7.80. The van der Waals surface area contributed by atoms with Crippen LogP contribution in [0.4, 0.5) is 11.4 Å². The summed E-state index contributed by atoms with van der Waals surface area (Å²) in [5, 5.41) is 2.74. The Morgan fingerprint density at radius 3 is 2.62 bits per heavy atom. The number of benzene rings is 2. The van der Waals surface area contributed by atoms with Gasteiger partial charge in [0.15, 0.2) is 0 Å². The van der Waals surface area contributed by atoms with Crippen LogP contribution in [0.3, 0.4) is 0 Å². The zero-order valence-electron chi connectivity index (χ0n) is 14.1. The average molecular weight is 391 g/mol. The first-order valence-corrected chi connectivity index (χ1v) is 10.5. The molecule has 0 atom stereocenters. The van der Waals surface area contributed by atoms with Gasteiger partial charge in [0, 0.05) is 12.2 Å². The van der Waals surface area contributed by atoms with Gasteiger partial charge in [-0.3, -0.25) is 18.9 Å². The molecule has 0 saturated heterocycles. The molecular formula is C17H17N3O4S2. The van der Waals surface area contributed by atoms with Crippen molar-refractivity contribution < 1.29 is 13.2 Å². The minimum absolute atomic E-state index is 0.0475. The van der Waals surface area contributed by atoms with Crippen LogP contribution >= 0.6 is 11.3 Å². The summed E-state index contributed by atoms with van der Waals surface area (Å²) in [6.07, 6.45) is 1.02. The summed E-state index contributed by atoms with van der Waals surface area (Å²) >= 11 is 1.12.